The number of hydrogen-bond acceptors (Lipinski definition) is 4. The van der Waals surface area contributed by atoms with Crippen LogP contribution in [0.3, 0.4) is 0 Å². The maximum atomic E-state index is 12.3. The minimum atomic E-state index is -3.63. The molecule has 0 aliphatic heterocycles. The predicted octanol–water partition coefficient (Wildman–Crippen LogP) is 2.45. The van der Waals surface area contributed by atoms with Crippen LogP contribution >= 0.6 is 15.9 Å². The fraction of sp³-hybridized carbons (Fsp3) is 0.214. The normalized spacial score (nSPS) is 11.4. The molecule has 0 bridgehead atoms. The first-order valence-corrected chi connectivity index (χ1v) is 8.65. The molecular weight excluding hydrogens is 354 g/mol. The molecule has 0 fully saturated rings. The van der Waals surface area contributed by atoms with Gasteiger partial charge in [-0.25, -0.2) is 13.4 Å². The van der Waals surface area contributed by atoms with E-state index in [1.807, 2.05) is 0 Å². The van der Waals surface area contributed by atoms with Crippen molar-refractivity contribution in [2.75, 3.05) is 11.3 Å². The van der Waals surface area contributed by atoms with E-state index in [4.69, 9.17) is 5.73 Å². The molecule has 0 aliphatic rings. The number of hydrogen-bond donors (Lipinski definition) is 2. The molecule has 7 heteroatoms. The van der Waals surface area contributed by atoms with Crippen LogP contribution in [0, 0.1) is 6.92 Å². The second-order valence-electron chi connectivity index (χ2n) is 4.55. The van der Waals surface area contributed by atoms with Gasteiger partial charge in [-0.3, -0.25) is 4.72 Å². The number of nitrogens with one attached hydrogen (secondary N) is 1. The van der Waals surface area contributed by atoms with Crippen LogP contribution in [0.15, 0.2) is 45.8 Å². The molecule has 0 saturated heterocycles. The Balaban J connectivity index is 2.23. The molecule has 1 aromatic carbocycles. The molecule has 112 valence electrons. The Bertz CT molecular complexity index is 730. The number of aryl methyl sites for hydroxylation is 1. The first-order valence-electron chi connectivity index (χ1n) is 6.37. The first-order chi connectivity index (χ1) is 9.92. The molecule has 0 aliphatic carbocycles. The molecular formula is C14H16BrN3O2S. The molecule has 1 aromatic heterocycles. The monoisotopic (exact) mass is 369 g/mol. The summed E-state index contributed by atoms with van der Waals surface area (Å²) in [5, 5.41) is 0. The zero-order chi connectivity index (χ0) is 15.5. The topological polar surface area (TPSA) is 85.1 Å². The van der Waals surface area contributed by atoms with Gasteiger partial charge in [0, 0.05) is 4.47 Å². The third kappa shape index (κ3) is 4.03. The van der Waals surface area contributed by atoms with Gasteiger partial charge in [0.05, 0.1) is 10.6 Å². The van der Waals surface area contributed by atoms with Gasteiger partial charge >= 0.3 is 0 Å². The average Bonchev–Trinajstić information content (AvgIpc) is 2.44. The van der Waals surface area contributed by atoms with Crippen molar-refractivity contribution in [3.8, 4) is 0 Å². The molecule has 0 radical (unpaired) electrons. The summed E-state index contributed by atoms with van der Waals surface area (Å²) in [6.07, 6.45) is 0.723. The van der Waals surface area contributed by atoms with Gasteiger partial charge in [0.1, 0.15) is 5.82 Å². The fourth-order valence-corrected chi connectivity index (χ4v) is 3.02. The summed E-state index contributed by atoms with van der Waals surface area (Å²) in [5.74, 6) is 0.293. The van der Waals surface area contributed by atoms with Gasteiger partial charge in [-0.15, -0.1) is 0 Å². The maximum Gasteiger partial charge on any atom is 0.263 e. The number of aromatic nitrogens is 1. The molecule has 0 spiro atoms. The Labute approximate surface area is 132 Å². The lowest BCUT2D eigenvalue weighted by Gasteiger charge is -2.09. The van der Waals surface area contributed by atoms with Crippen LogP contribution in [0.1, 0.15) is 11.3 Å². The smallest absolute Gasteiger partial charge is 0.263 e. The van der Waals surface area contributed by atoms with Crippen LogP contribution in [0.5, 0.6) is 0 Å². The van der Waals surface area contributed by atoms with Crippen molar-refractivity contribution in [3.05, 3.63) is 52.1 Å². The molecule has 1 heterocycles. The molecule has 0 saturated carbocycles. The molecule has 2 rings (SSSR count). The maximum absolute atomic E-state index is 12.3. The lowest BCUT2D eigenvalue weighted by Crippen LogP contribution is -2.14. The fourth-order valence-electron chi connectivity index (χ4n) is 1.80. The zero-order valence-electron chi connectivity index (χ0n) is 11.5. The number of benzene rings is 1. The number of sulfonamides is 1. The van der Waals surface area contributed by atoms with Gasteiger partial charge in [0.2, 0.25) is 0 Å². The van der Waals surface area contributed by atoms with Crippen molar-refractivity contribution in [1.29, 1.82) is 0 Å². The van der Waals surface area contributed by atoms with Crippen LogP contribution in [0.4, 0.5) is 5.82 Å². The molecule has 21 heavy (non-hydrogen) atoms. The number of nitrogens with zero attached hydrogens (tertiary/aromatic N) is 1. The van der Waals surface area contributed by atoms with Gasteiger partial charge in [-0.1, -0.05) is 12.1 Å². The van der Waals surface area contributed by atoms with Crippen molar-refractivity contribution in [1.82, 2.24) is 4.98 Å². The number of halogens is 1. The second-order valence-corrected chi connectivity index (χ2v) is 7.09. The number of pyridine rings is 1. The van der Waals surface area contributed by atoms with E-state index in [2.05, 4.69) is 25.6 Å². The van der Waals surface area contributed by atoms with E-state index in [-0.39, 0.29) is 4.90 Å². The standard InChI is InChI=1S/C14H16BrN3O2S/c1-10-13(15)6-7-14(17-10)18-21(19,20)12-4-2-11(3-5-12)8-9-16/h2-7H,8-9,16H2,1H3,(H,17,18). The van der Waals surface area contributed by atoms with E-state index >= 15 is 0 Å². The highest BCUT2D eigenvalue weighted by molar-refractivity contribution is 9.10. The highest BCUT2D eigenvalue weighted by atomic mass is 79.9. The Morgan fingerprint density at radius 2 is 1.86 bits per heavy atom. The molecule has 0 amide bonds. The summed E-state index contributed by atoms with van der Waals surface area (Å²) in [5.41, 5.74) is 7.19. The van der Waals surface area contributed by atoms with Crippen LogP contribution in [0.25, 0.3) is 0 Å². The Morgan fingerprint density at radius 3 is 2.43 bits per heavy atom. The third-order valence-corrected chi connectivity index (χ3v) is 5.14. The Hall–Kier alpha value is -1.44. The van der Waals surface area contributed by atoms with Crippen LogP contribution in [-0.2, 0) is 16.4 Å². The number of nitrogens with two attached hydrogens (primary N) is 1. The van der Waals surface area contributed by atoms with E-state index < -0.39 is 10.0 Å². The lowest BCUT2D eigenvalue weighted by molar-refractivity contribution is 0.601. The van der Waals surface area contributed by atoms with E-state index in [9.17, 15) is 8.42 Å². The predicted molar refractivity (Wildman–Crippen MR) is 86.7 cm³/mol. The van der Waals surface area contributed by atoms with E-state index in [0.29, 0.717) is 18.1 Å². The van der Waals surface area contributed by atoms with Crippen molar-refractivity contribution in [3.63, 3.8) is 0 Å². The third-order valence-electron chi connectivity index (χ3n) is 2.93. The molecule has 3 N–H and O–H groups in total. The zero-order valence-corrected chi connectivity index (χ0v) is 13.9. The van der Waals surface area contributed by atoms with Crippen molar-refractivity contribution >= 4 is 31.8 Å². The van der Waals surface area contributed by atoms with Crippen molar-refractivity contribution in [2.45, 2.75) is 18.2 Å². The van der Waals surface area contributed by atoms with Gasteiger partial charge in [-0.2, -0.15) is 0 Å². The first kappa shape index (κ1) is 15.9. The minimum Gasteiger partial charge on any atom is -0.330 e. The van der Waals surface area contributed by atoms with Crippen molar-refractivity contribution in [2.24, 2.45) is 5.73 Å². The molecule has 2 aromatic rings. The molecule has 0 atom stereocenters. The number of anilines is 1. The quantitative estimate of drug-likeness (QED) is 0.847. The molecule has 0 unspecified atom stereocenters. The van der Waals surface area contributed by atoms with E-state index in [1.165, 1.54) is 0 Å². The summed E-state index contributed by atoms with van der Waals surface area (Å²) < 4.78 is 27.9. The van der Waals surface area contributed by atoms with Gasteiger partial charge < -0.3 is 5.73 Å². The number of rotatable bonds is 5. The second kappa shape index (κ2) is 6.55. The lowest BCUT2D eigenvalue weighted by atomic mass is 10.2. The average molecular weight is 370 g/mol. The summed E-state index contributed by atoms with van der Waals surface area (Å²) in [6, 6.07) is 10.0. The van der Waals surface area contributed by atoms with E-state index in [1.54, 1.807) is 43.3 Å². The highest BCUT2D eigenvalue weighted by Gasteiger charge is 2.15. The molecule has 5 nitrogen and oxygen atoms in total. The van der Waals surface area contributed by atoms with Crippen molar-refractivity contribution < 1.29 is 8.42 Å². The Kier molecular flexibility index (Phi) is 4.97. The van der Waals surface area contributed by atoms with Crippen LogP contribution in [0.2, 0.25) is 0 Å². The highest BCUT2D eigenvalue weighted by Crippen LogP contribution is 2.19. The van der Waals surface area contributed by atoms with Gasteiger partial charge in [0.15, 0.2) is 0 Å². The SMILES string of the molecule is Cc1nc(NS(=O)(=O)c2ccc(CCN)cc2)ccc1Br. The summed E-state index contributed by atoms with van der Waals surface area (Å²) in [6.45, 7) is 2.33. The summed E-state index contributed by atoms with van der Waals surface area (Å²) >= 11 is 3.33. The van der Waals surface area contributed by atoms with Crippen LogP contribution < -0.4 is 10.5 Å². The van der Waals surface area contributed by atoms with Crippen LogP contribution in [-0.4, -0.2) is 19.9 Å². The Morgan fingerprint density at radius 1 is 1.19 bits per heavy atom. The van der Waals surface area contributed by atoms with Gasteiger partial charge in [0.25, 0.3) is 10.0 Å². The van der Waals surface area contributed by atoms with E-state index in [0.717, 1.165) is 16.5 Å². The summed E-state index contributed by atoms with van der Waals surface area (Å²) in [7, 11) is -3.63. The largest absolute Gasteiger partial charge is 0.330 e. The minimum absolute atomic E-state index is 0.200. The van der Waals surface area contributed by atoms with Gasteiger partial charge in [-0.05, 0) is 65.6 Å². The summed E-state index contributed by atoms with van der Waals surface area (Å²) in [4.78, 5) is 4.38.